The van der Waals surface area contributed by atoms with Gasteiger partial charge in [-0.15, -0.1) is 0 Å². The molecule has 1 aromatic heterocycles. The van der Waals surface area contributed by atoms with Gasteiger partial charge >= 0.3 is 0 Å². The van der Waals surface area contributed by atoms with E-state index < -0.39 is 10.0 Å². The number of hydrogen-bond acceptors (Lipinski definition) is 5. The van der Waals surface area contributed by atoms with Crippen molar-refractivity contribution in [2.75, 3.05) is 11.8 Å². The predicted octanol–water partition coefficient (Wildman–Crippen LogP) is 4.42. The summed E-state index contributed by atoms with van der Waals surface area (Å²) in [4.78, 5) is 4.19. The predicted molar refractivity (Wildman–Crippen MR) is 100 cm³/mol. The van der Waals surface area contributed by atoms with Crippen LogP contribution < -0.4 is 9.46 Å². The van der Waals surface area contributed by atoms with Gasteiger partial charge in [0.15, 0.2) is 11.7 Å². The zero-order valence-electron chi connectivity index (χ0n) is 14.4. The first-order chi connectivity index (χ1) is 12.3. The van der Waals surface area contributed by atoms with E-state index in [4.69, 9.17) is 20.8 Å². The SMILES string of the molecule is COc1ccc(NS(=O)(=O)c2cc(-c3cnc(C)o3)ccc2C)cc1Cl. The average molecular weight is 393 g/mol. The molecule has 26 heavy (non-hydrogen) atoms. The number of ether oxygens (including phenoxy) is 1. The molecule has 3 aromatic rings. The summed E-state index contributed by atoms with van der Waals surface area (Å²) in [5.41, 5.74) is 1.58. The Balaban J connectivity index is 1.97. The number of aromatic nitrogens is 1. The number of oxazole rings is 1. The molecular formula is C18H17ClN2O4S. The van der Waals surface area contributed by atoms with Crippen molar-refractivity contribution in [3.8, 4) is 17.1 Å². The highest BCUT2D eigenvalue weighted by molar-refractivity contribution is 7.92. The third kappa shape index (κ3) is 3.68. The Kier molecular flexibility index (Phi) is 4.93. The summed E-state index contributed by atoms with van der Waals surface area (Å²) in [5, 5.41) is 0.315. The van der Waals surface area contributed by atoms with E-state index in [0.29, 0.717) is 39.2 Å². The maximum absolute atomic E-state index is 12.8. The van der Waals surface area contributed by atoms with Crippen LogP contribution in [-0.2, 0) is 10.0 Å². The molecule has 1 N–H and O–H groups in total. The molecule has 0 aliphatic rings. The van der Waals surface area contributed by atoms with Crippen LogP contribution in [0.4, 0.5) is 5.69 Å². The second-order valence-electron chi connectivity index (χ2n) is 5.68. The van der Waals surface area contributed by atoms with Gasteiger partial charge in [0.25, 0.3) is 10.0 Å². The molecule has 0 saturated carbocycles. The van der Waals surface area contributed by atoms with Gasteiger partial charge in [0.2, 0.25) is 0 Å². The molecule has 0 radical (unpaired) electrons. The van der Waals surface area contributed by atoms with Gasteiger partial charge in [-0.3, -0.25) is 4.72 Å². The van der Waals surface area contributed by atoms with Crippen LogP contribution in [-0.4, -0.2) is 20.5 Å². The highest BCUT2D eigenvalue weighted by atomic mass is 35.5. The molecular weight excluding hydrogens is 376 g/mol. The zero-order valence-corrected chi connectivity index (χ0v) is 16.0. The molecule has 0 fully saturated rings. The number of halogens is 1. The first-order valence-electron chi connectivity index (χ1n) is 7.70. The number of nitrogens with one attached hydrogen (secondary N) is 1. The van der Waals surface area contributed by atoms with Gasteiger partial charge in [0, 0.05) is 12.5 Å². The summed E-state index contributed by atoms with van der Waals surface area (Å²) in [5.74, 6) is 1.48. The van der Waals surface area contributed by atoms with Crippen molar-refractivity contribution >= 4 is 27.3 Å². The monoisotopic (exact) mass is 392 g/mol. The van der Waals surface area contributed by atoms with Crippen molar-refractivity contribution in [1.29, 1.82) is 0 Å². The second kappa shape index (κ2) is 7.01. The van der Waals surface area contributed by atoms with Crippen molar-refractivity contribution in [2.24, 2.45) is 0 Å². The number of rotatable bonds is 5. The zero-order chi connectivity index (χ0) is 18.9. The minimum atomic E-state index is -3.82. The maximum atomic E-state index is 12.8. The van der Waals surface area contributed by atoms with E-state index in [9.17, 15) is 8.42 Å². The highest BCUT2D eigenvalue weighted by Crippen LogP contribution is 2.30. The Morgan fingerprint density at radius 3 is 2.54 bits per heavy atom. The highest BCUT2D eigenvalue weighted by Gasteiger charge is 2.19. The summed E-state index contributed by atoms with van der Waals surface area (Å²) in [7, 11) is -2.32. The van der Waals surface area contributed by atoms with Crippen LogP contribution in [0.1, 0.15) is 11.5 Å². The fourth-order valence-electron chi connectivity index (χ4n) is 2.48. The van der Waals surface area contributed by atoms with Crippen molar-refractivity contribution in [3.63, 3.8) is 0 Å². The van der Waals surface area contributed by atoms with E-state index >= 15 is 0 Å². The summed E-state index contributed by atoms with van der Waals surface area (Å²) in [6.07, 6.45) is 1.56. The Hall–Kier alpha value is -2.51. The van der Waals surface area contributed by atoms with Crippen LogP contribution in [0.25, 0.3) is 11.3 Å². The Labute approximate surface area is 156 Å². The summed E-state index contributed by atoms with van der Waals surface area (Å²) >= 11 is 6.06. The van der Waals surface area contributed by atoms with Gasteiger partial charge in [-0.1, -0.05) is 23.7 Å². The van der Waals surface area contributed by atoms with E-state index in [2.05, 4.69) is 9.71 Å². The molecule has 8 heteroatoms. The van der Waals surface area contributed by atoms with Crippen molar-refractivity contribution < 1.29 is 17.6 Å². The Bertz CT molecular complexity index is 1060. The van der Waals surface area contributed by atoms with Crippen LogP contribution in [0.15, 0.2) is 51.9 Å². The lowest BCUT2D eigenvalue weighted by Gasteiger charge is -2.12. The molecule has 6 nitrogen and oxygen atoms in total. The fourth-order valence-corrected chi connectivity index (χ4v) is 4.06. The van der Waals surface area contributed by atoms with E-state index in [0.717, 1.165) is 0 Å². The summed E-state index contributed by atoms with van der Waals surface area (Å²) in [6.45, 7) is 3.45. The standard InChI is InChI=1S/C18H17ClN2O4S/c1-11-4-5-13(17-10-20-12(2)25-17)8-18(11)26(22,23)21-14-6-7-16(24-3)15(19)9-14/h4-10,21H,1-3H3. The fraction of sp³-hybridized carbons (Fsp3) is 0.167. The third-order valence-electron chi connectivity index (χ3n) is 3.79. The van der Waals surface area contributed by atoms with E-state index in [-0.39, 0.29) is 4.90 Å². The minimum Gasteiger partial charge on any atom is -0.495 e. The first kappa shape index (κ1) is 18.3. The van der Waals surface area contributed by atoms with Gasteiger partial charge in [-0.25, -0.2) is 13.4 Å². The largest absolute Gasteiger partial charge is 0.495 e. The van der Waals surface area contributed by atoms with Gasteiger partial charge in [-0.05, 0) is 36.8 Å². The molecule has 0 amide bonds. The number of anilines is 1. The molecule has 0 saturated heterocycles. The van der Waals surface area contributed by atoms with E-state index in [1.807, 2.05) is 0 Å². The third-order valence-corrected chi connectivity index (χ3v) is 5.61. The lowest BCUT2D eigenvalue weighted by molar-refractivity contribution is 0.415. The number of nitrogens with zero attached hydrogens (tertiary/aromatic N) is 1. The van der Waals surface area contributed by atoms with Gasteiger partial charge in [-0.2, -0.15) is 0 Å². The molecule has 1 heterocycles. The molecule has 0 unspecified atom stereocenters. The molecule has 0 atom stereocenters. The number of sulfonamides is 1. The first-order valence-corrected chi connectivity index (χ1v) is 9.56. The van der Waals surface area contributed by atoms with Crippen molar-refractivity contribution in [1.82, 2.24) is 4.98 Å². The number of aryl methyl sites for hydroxylation is 2. The quantitative estimate of drug-likeness (QED) is 0.695. The normalized spacial score (nSPS) is 11.4. The molecule has 2 aromatic carbocycles. The molecule has 0 aliphatic heterocycles. The van der Waals surface area contributed by atoms with Crippen molar-refractivity contribution in [2.45, 2.75) is 18.7 Å². The van der Waals surface area contributed by atoms with Crippen molar-refractivity contribution in [3.05, 3.63) is 59.1 Å². The van der Waals surface area contributed by atoms with E-state index in [1.54, 1.807) is 50.4 Å². The van der Waals surface area contributed by atoms with E-state index in [1.165, 1.54) is 13.2 Å². The summed E-state index contributed by atoms with van der Waals surface area (Å²) < 4.78 is 38.8. The van der Waals surface area contributed by atoms with Crippen LogP contribution in [0.3, 0.4) is 0 Å². The number of methoxy groups -OCH3 is 1. The lowest BCUT2D eigenvalue weighted by Crippen LogP contribution is -2.14. The Morgan fingerprint density at radius 1 is 1.15 bits per heavy atom. The van der Waals surface area contributed by atoms with Gasteiger partial charge < -0.3 is 9.15 Å². The second-order valence-corrected chi connectivity index (χ2v) is 7.74. The van der Waals surface area contributed by atoms with Gasteiger partial charge in [0.1, 0.15) is 5.75 Å². The minimum absolute atomic E-state index is 0.149. The van der Waals surface area contributed by atoms with Crippen LogP contribution in [0.2, 0.25) is 5.02 Å². The molecule has 136 valence electrons. The molecule has 3 rings (SSSR count). The van der Waals surface area contributed by atoms with Gasteiger partial charge in [0.05, 0.1) is 28.9 Å². The van der Waals surface area contributed by atoms with Crippen LogP contribution >= 0.6 is 11.6 Å². The average Bonchev–Trinajstić information content (AvgIpc) is 3.01. The topological polar surface area (TPSA) is 81.4 Å². The number of hydrogen-bond donors (Lipinski definition) is 1. The maximum Gasteiger partial charge on any atom is 0.262 e. The Morgan fingerprint density at radius 2 is 1.92 bits per heavy atom. The smallest absolute Gasteiger partial charge is 0.262 e. The molecule has 0 bridgehead atoms. The lowest BCUT2D eigenvalue weighted by atomic mass is 10.1. The molecule has 0 spiro atoms. The molecule has 0 aliphatic carbocycles. The number of benzene rings is 2. The summed E-state index contributed by atoms with van der Waals surface area (Å²) in [6, 6.07) is 9.75. The van der Waals surface area contributed by atoms with Crippen LogP contribution in [0.5, 0.6) is 5.75 Å². The van der Waals surface area contributed by atoms with Crippen LogP contribution in [0, 0.1) is 13.8 Å².